The average Bonchev–Trinajstić information content (AvgIpc) is 2.81. The zero-order valence-corrected chi connectivity index (χ0v) is 10.5. The Morgan fingerprint density at radius 3 is 2.72 bits per heavy atom. The van der Waals surface area contributed by atoms with Gasteiger partial charge in [0.05, 0.1) is 10.9 Å². The van der Waals surface area contributed by atoms with E-state index in [-0.39, 0.29) is 0 Å². The highest BCUT2D eigenvalue weighted by Gasteiger charge is 2.07. The molecule has 0 fully saturated rings. The highest BCUT2D eigenvalue weighted by Crippen LogP contribution is 2.30. The minimum absolute atomic E-state index is 0.469. The number of nitrogens with zero attached hydrogens (tertiary/aromatic N) is 2. The van der Waals surface area contributed by atoms with E-state index in [9.17, 15) is 4.39 Å². The average molecular weight is 259 g/mol. The summed E-state index contributed by atoms with van der Waals surface area (Å²) in [6, 6.07) is 9.37. The minimum atomic E-state index is -0.469. The van der Waals surface area contributed by atoms with E-state index in [4.69, 9.17) is 0 Å². The largest absolute Gasteiger partial charge is 0.388 e. The molecule has 90 valence electrons. The van der Waals surface area contributed by atoms with Gasteiger partial charge in [0, 0.05) is 24.4 Å². The van der Waals surface area contributed by atoms with E-state index in [2.05, 4.69) is 15.3 Å². The quantitative estimate of drug-likeness (QED) is 0.715. The van der Waals surface area contributed by atoms with Crippen molar-refractivity contribution in [3.05, 3.63) is 42.5 Å². The summed E-state index contributed by atoms with van der Waals surface area (Å²) in [5.41, 5.74) is 2.80. The molecule has 0 bridgehead atoms. The van der Waals surface area contributed by atoms with Crippen molar-refractivity contribution in [2.75, 3.05) is 12.4 Å². The number of benzene rings is 1. The van der Waals surface area contributed by atoms with E-state index >= 15 is 0 Å². The number of nitrogens with one attached hydrogen (secondary N) is 1. The number of rotatable bonds is 2. The summed E-state index contributed by atoms with van der Waals surface area (Å²) in [5, 5.41) is 3.94. The van der Waals surface area contributed by atoms with Crippen molar-refractivity contribution >= 4 is 27.2 Å². The Morgan fingerprint density at radius 1 is 1.22 bits per heavy atom. The minimum Gasteiger partial charge on any atom is -0.388 e. The maximum absolute atomic E-state index is 13.0. The van der Waals surface area contributed by atoms with Crippen LogP contribution in [0.2, 0.25) is 0 Å². The molecule has 0 atom stereocenters. The van der Waals surface area contributed by atoms with Crippen molar-refractivity contribution in [1.82, 2.24) is 9.97 Å². The second-order valence-electron chi connectivity index (χ2n) is 3.82. The molecule has 0 aliphatic rings. The molecule has 3 aromatic rings. The molecule has 0 unspecified atom stereocenters. The molecule has 0 saturated carbocycles. The summed E-state index contributed by atoms with van der Waals surface area (Å²) >= 11 is 1.47. The first-order valence-corrected chi connectivity index (χ1v) is 6.28. The third-order valence-corrected chi connectivity index (χ3v) is 3.73. The predicted octanol–water partition coefficient (Wildman–Crippen LogP) is 3.54. The Hall–Kier alpha value is -2.01. The van der Waals surface area contributed by atoms with Gasteiger partial charge < -0.3 is 5.32 Å². The van der Waals surface area contributed by atoms with Gasteiger partial charge >= 0.3 is 0 Å². The second kappa shape index (κ2) is 4.34. The van der Waals surface area contributed by atoms with Crippen LogP contribution in [0.25, 0.3) is 20.8 Å². The van der Waals surface area contributed by atoms with Crippen molar-refractivity contribution in [1.29, 1.82) is 0 Å². The monoisotopic (exact) mass is 259 g/mol. The maximum atomic E-state index is 13.0. The molecule has 5 heteroatoms. The molecule has 0 amide bonds. The van der Waals surface area contributed by atoms with Crippen LogP contribution in [0.5, 0.6) is 0 Å². The summed E-state index contributed by atoms with van der Waals surface area (Å²) in [4.78, 5) is 8.06. The number of fused-ring (bicyclic) bond motifs is 1. The van der Waals surface area contributed by atoms with Gasteiger partial charge in [0.25, 0.3) is 0 Å². The lowest BCUT2D eigenvalue weighted by molar-refractivity contribution is 0.586. The number of aromatic nitrogens is 2. The normalized spacial score (nSPS) is 10.8. The molecule has 0 aliphatic carbocycles. The van der Waals surface area contributed by atoms with Gasteiger partial charge in [-0.2, -0.15) is 4.39 Å². The molecular formula is C13H10FN3S. The number of thiazole rings is 1. The number of anilines is 1. The van der Waals surface area contributed by atoms with Crippen molar-refractivity contribution in [2.24, 2.45) is 0 Å². The molecule has 0 radical (unpaired) electrons. The third kappa shape index (κ3) is 1.93. The molecule has 18 heavy (non-hydrogen) atoms. The number of hydrogen-bond acceptors (Lipinski definition) is 4. The molecule has 1 N–H and O–H groups in total. The first-order chi connectivity index (χ1) is 8.76. The zero-order valence-electron chi connectivity index (χ0n) is 9.64. The molecular weight excluding hydrogens is 249 g/mol. The summed E-state index contributed by atoms with van der Waals surface area (Å²) in [6.45, 7) is 0. The Kier molecular flexibility index (Phi) is 2.68. The molecule has 3 nitrogen and oxygen atoms in total. The Morgan fingerprint density at radius 2 is 2.00 bits per heavy atom. The first-order valence-electron chi connectivity index (χ1n) is 5.46. The van der Waals surface area contributed by atoms with Gasteiger partial charge in [-0.25, -0.2) is 9.97 Å². The van der Waals surface area contributed by atoms with Gasteiger partial charge in [-0.15, -0.1) is 11.3 Å². The van der Waals surface area contributed by atoms with E-state index < -0.39 is 5.95 Å². The zero-order chi connectivity index (χ0) is 12.5. The fourth-order valence-electron chi connectivity index (χ4n) is 1.71. The predicted molar refractivity (Wildman–Crippen MR) is 72.4 cm³/mol. The Labute approximate surface area is 107 Å². The van der Waals surface area contributed by atoms with Crippen LogP contribution in [0.3, 0.4) is 0 Å². The second-order valence-corrected chi connectivity index (χ2v) is 4.85. The van der Waals surface area contributed by atoms with Crippen LogP contribution in [0.15, 0.2) is 36.5 Å². The van der Waals surface area contributed by atoms with Crippen molar-refractivity contribution in [3.63, 3.8) is 0 Å². The smallest absolute Gasteiger partial charge is 0.214 e. The van der Waals surface area contributed by atoms with Crippen molar-refractivity contribution in [3.8, 4) is 10.6 Å². The molecule has 0 aliphatic heterocycles. The first kappa shape index (κ1) is 11.1. The van der Waals surface area contributed by atoms with Crippen LogP contribution in [0.1, 0.15) is 0 Å². The maximum Gasteiger partial charge on any atom is 0.214 e. The highest BCUT2D eigenvalue weighted by molar-refractivity contribution is 7.21. The highest BCUT2D eigenvalue weighted by atomic mass is 32.1. The molecule has 0 spiro atoms. The lowest BCUT2D eigenvalue weighted by Crippen LogP contribution is -1.86. The summed E-state index contributed by atoms with van der Waals surface area (Å²) in [7, 11) is 1.88. The lowest BCUT2D eigenvalue weighted by Gasteiger charge is -2.00. The van der Waals surface area contributed by atoms with E-state index in [1.165, 1.54) is 23.6 Å². The lowest BCUT2D eigenvalue weighted by atomic mass is 10.2. The number of halogens is 1. The van der Waals surface area contributed by atoms with Gasteiger partial charge in [0.1, 0.15) is 10.5 Å². The van der Waals surface area contributed by atoms with Gasteiger partial charge in [-0.1, -0.05) is 0 Å². The van der Waals surface area contributed by atoms with Crippen LogP contribution in [0.4, 0.5) is 10.1 Å². The van der Waals surface area contributed by atoms with E-state index in [0.29, 0.717) is 0 Å². The Balaban J connectivity index is 2.07. The molecule has 2 aromatic heterocycles. The molecule has 3 rings (SSSR count). The van der Waals surface area contributed by atoms with Gasteiger partial charge in [0.2, 0.25) is 5.95 Å². The van der Waals surface area contributed by atoms with E-state index in [1.54, 1.807) is 0 Å². The fraction of sp³-hybridized carbons (Fsp3) is 0.0769. The van der Waals surface area contributed by atoms with Crippen LogP contribution in [-0.4, -0.2) is 17.0 Å². The summed E-state index contributed by atoms with van der Waals surface area (Å²) < 4.78 is 13.8. The SMILES string of the molecule is CNc1ccc(-c2nc3cnc(F)cc3s2)cc1. The third-order valence-electron chi connectivity index (χ3n) is 2.66. The van der Waals surface area contributed by atoms with Crippen LogP contribution < -0.4 is 5.32 Å². The Bertz CT molecular complexity index is 691. The van der Waals surface area contributed by atoms with Crippen LogP contribution in [0, 0.1) is 5.95 Å². The van der Waals surface area contributed by atoms with Gasteiger partial charge in [-0.05, 0) is 24.3 Å². The standard InChI is InChI=1S/C13H10FN3S/c1-15-9-4-2-8(3-5-9)13-17-10-7-16-12(14)6-11(10)18-13/h2-7,15H,1H3. The molecule has 2 heterocycles. The summed E-state index contributed by atoms with van der Waals surface area (Å²) in [5.74, 6) is -0.469. The number of pyridine rings is 1. The van der Waals surface area contributed by atoms with E-state index in [0.717, 1.165) is 26.5 Å². The van der Waals surface area contributed by atoms with Crippen molar-refractivity contribution in [2.45, 2.75) is 0 Å². The summed E-state index contributed by atoms with van der Waals surface area (Å²) in [6.07, 6.45) is 1.46. The fourth-order valence-corrected chi connectivity index (χ4v) is 2.68. The van der Waals surface area contributed by atoms with Gasteiger partial charge in [-0.3, -0.25) is 0 Å². The number of hydrogen-bond donors (Lipinski definition) is 1. The topological polar surface area (TPSA) is 37.8 Å². The van der Waals surface area contributed by atoms with Crippen molar-refractivity contribution < 1.29 is 4.39 Å². The van der Waals surface area contributed by atoms with Crippen LogP contribution >= 0.6 is 11.3 Å². The molecule has 0 saturated heterocycles. The molecule has 1 aromatic carbocycles. The van der Waals surface area contributed by atoms with Crippen LogP contribution in [-0.2, 0) is 0 Å². The van der Waals surface area contributed by atoms with Gasteiger partial charge in [0.15, 0.2) is 0 Å². The van der Waals surface area contributed by atoms with E-state index in [1.807, 2.05) is 31.3 Å².